The minimum atomic E-state index is -3.04. The van der Waals surface area contributed by atoms with Gasteiger partial charge in [-0.15, -0.1) is 0 Å². The van der Waals surface area contributed by atoms with Crippen LogP contribution in [0.1, 0.15) is 25.0 Å². The van der Waals surface area contributed by atoms with E-state index in [1.165, 1.54) is 0 Å². The maximum Gasteiger partial charge on any atom is 0.153 e. The van der Waals surface area contributed by atoms with Crippen LogP contribution in [-0.2, 0) is 9.84 Å². The Labute approximate surface area is 113 Å². The van der Waals surface area contributed by atoms with Crippen molar-refractivity contribution in [3.05, 3.63) is 29.3 Å². The summed E-state index contributed by atoms with van der Waals surface area (Å²) in [6.45, 7) is 5.26. The molecule has 0 unspecified atom stereocenters. The Kier molecular flexibility index (Phi) is 5.35. The van der Waals surface area contributed by atoms with Gasteiger partial charge in [0.15, 0.2) is 9.84 Å². The quantitative estimate of drug-likeness (QED) is 0.493. The Bertz CT molecular complexity index is 564. The zero-order valence-corrected chi connectivity index (χ0v) is 12.2. The van der Waals surface area contributed by atoms with Gasteiger partial charge in [0.1, 0.15) is 12.4 Å². The van der Waals surface area contributed by atoms with E-state index in [1.807, 2.05) is 13.0 Å². The molecular formula is C13H19NO4S. The van der Waals surface area contributed by atoms with E-state index in [9.17, 15) is 8.42 Å². The molecule has 1 aromatic carbocycles. The molecule has 0 spiro atoms. The van der Waals surface area contributed by atoms with Gasteiger partial charge < -0.3 is 9.94 Å². The first-order chi connectivity index (χ1) is 8.89. The van der Waals surface area contributed by atoms with E-state index in [0.717, 1.165) is 5.56 Å². The highest BCUT2D eigenvalue weighted by atomic mass is 32.2. The molecule has 0 heterocycles. The third-order valence-corrected chi connectivity index (χ3v) is 4.44. The molecule has 5 nitrogen and oxygen atoms in total. The van der Waals surface area contributed by atoms with Gasteiger partial charge in [-0.1, -0.05) is 18.1 Å². The number of hydrogen-bond donors (Lipinski definition) is 1. The summed E-state index contributed by atoms with van der Waals surface area (Å²) in [6.07, 6.45) is 0. The SMILES string of the molecule is CCS(=O)(=O)CCOc1cc(C)ccc1C(C)=NO. The molecule has 0 aliphatic heterocycles. The summed E-state index contributed by atoms with van der Waals surface area (Å²) in [5.74, 6) is 0.613. The molecule has 0 saturated carbocycles. The normalized spacial score (nSPS) is 12.5. The topological polar surface area (TPSA) is 76.0 Å². The Balaban J connectivity index is 2.85. The van der Waals surface area contributed by atoms with Crippen molar-refractivity contribution >= 4 is 15.5 Å². The molecule has 1 rings (SSSR count). The number of rotatable bonds is 6. The monoisotopic (exact) mass is 285 g/mol. The van der Waals surface area contributed by atoms with Crippen molar-refractivity contribution in [2.45, 2.75) is 20.8 Å². The van der Waals surface area contributed by atoms with E-state index in [1.54, 1.807) is 26.0 Å². The van der Waals surface area contributed by atoms with E-state index in [4.69, 9.17) is 9.94 Å². The minimum absolute atomic E-state index is 0.0216. The van der Waals surface area contributed by atoms with Crippen LogP contribution in [0.4, 0.5) is 0 Å². The molecule has 0 aromatic heterocycles. The summed E-state index contributed by atoms with van der Waals surface area (Å²) in [4.78, 5) is 0. The van der Waals surface area contributed by atoms with Crippen molar-refractivity contribution in [1.29, 1.82) is 0 Å². The van der Waals surface area contributed by atoms with Crippen molar-refractivity contribution < 1.29 is 18.4 Å². The molecule has 0 aliphatic carbocycles. The van der Waals surface area contributed by atoms with Gasteiger partial charge in [0.25, 0.3) is 0 Å². The molecule has 0 radical (unpaired) electrons. The van der Waals surface area contributed by atoms with Crippen LogP contribution in [-0.4, -0.2) is 37.4 Å². The lowest BCUT2D eigenvalue weighted by Crippen LogP contribution is -2.16. The highest BCUT2D eigenvalue weighted by Gasteiger charge is 2.11. The van der Waals surface area contributed by atoms with E-state index in [-0.39, 0.29) is 18.1 Å². The van der Waals surface area contributed by atoms with Crippen molar-refractivity contribution in [1.82, 2.24) is 0 Å². The van der Waals surface area contributed by atoms with Crippen LogP contribution in [0.2, 0.25) is 0 Å². The van der Waals surface area contributed by atoms with Crippen LogP contribution in [0, 0.1) is 6.92 Å². The molecule has 1 N–H and O–H groups in total. The smallest absolute Gasteiger partial charge is 0.153 e. The van der Waals surface area contributed by atoms with Gasteiger partial charge in [0.2, 0.25) is 0 Å². The van der Waals surface area contributed by atoms with Crippen LogP contribution in [0.25, 0.3) is 0 Å². The van der Waals surface area contributed by atoms with Crippen LogP contribution in [0.15, 0.2) is 23.4 Å². The number of hydrogen-bond acceptors (Lipinski definition) is 5. The molecule has 0 saturated heterocycles. The first-order valence-corrected chi connectivity index (χ1v) is 7.84. The number of oxime groups is 1. The first-order valence-electron chi connectivity index (χ1n) is 6.02. The molecule has 0 atom stereocenters. The highest BCUT2D eigenvalue weighted by Crippen LogP contribution is 2.21. The summed E-state index contributed by atoms with van der Waals surface area (Å²) in [6, 6.07) is 5.45. The fourth-order valence-corrected chi connectivity index (χ4v) is 2.15. The lowest BCUT2D eigenvalue weighted by Gasteiger charge is -2.11. The summed E-state index contributed by atoms with van der Waals surface area (Å²) >= 11 is 0. The van der Waals surface area contributed by atoms with Crippen LogP contribution in [0.5, 0.6) is 5.75 Å². The van der Waals surface area contributed by atoms with Gasteiger partial charge in [-0.2, -0.15) is 0 Å². The van der Waals surface area contributed by atoms with E-state index < -0.39 is 9.84 Å². The van der Waals surface area contributed by atoms with Crippen molar-refractivity contribution in [3.8, 4) is 5.75 Å². The summed E-state index contributed by atoms with van der Waals surface area (Å²) < 4.78 is 28.3. The average molecular weight is 285 g/mol. The Morgan fingerprint density at radius 1 is 1.42 bits per heavy atom. The van der Waals surface area contributed by atoms with E-state index in [0.29, 0.717) is 17.0 Å². The Hall–Kier alpha value is -1.56. The number of aryl methyl sites for hydroxylation is 1. The van der Waals surface area contributed by atoms with Gasteiger partial charge in [-0.05, 0) is 31.5 Å². The molecular weight excluding hydrogens is 266 g/mol. The van der Waals surface area contributed by atoms with Gasteiger partial charge in [0, 0.05) is 11.3 Å². The second-order valence-corrected chi connectivity index (χ2v) is 6.74. The van der Waals surface area contributed by atoms with Crippen LogP contribution >= 0.6 is 0 Å². The summed E-state index contributed by atoms with van der Waals surface area (Å²) in [5, 5.41) is 12.0. The van der Waals surface area contributed by atoms with E-state index in [2.05, 4.69) is 5.16 Å². The lowest BCUT2D eigenvalue weighted by molar-refractivity contribution is 0.317. The molecule has 6 heteroatoms. The summed E-state index contributed by atoms with van der Waals surface area (Å²) in [7, 11) is -3.04. The third kappa shape index (κ3) is 4.55. The molecule has 1 aromatic rings. The zero-order chi connectivity index (χ0) is 14.5. The number of benzene rings is 1. The zero-order valence-electron chi connectivity index (χ0n) is 11.4. The number of sulfone groups is 1. The van der Waals surface area contributed by atoms with Crippen molar-refractivity contribution in [3.63, 3.8) is 0 Å². The molecule has 0 bridgehead atoms. The maximum absolute atomic E-state index is 11.4. The fraction of sp³-hybridized carbons (Fsp3) is 0.462. The van der Waals surface area contributed by atoms with E-state index >= 15 is 0 Å². The number of nitrogens with zero attached hydrogens (tertiary/aromatic N) is 1. The standard InChI is InChI=1S/C13H19NO4S/c1-4-19(16,17)8-7-18-13-9-10(2)5-6-12(13)11(3)14-15/h5-6,9,15H,4,7-8H2,1-3H3. The third-order valence-electron chi connectivity index (χ3n) is 2.77. The fourth-order valence-electron chi connectivity index (χ4n) is 1.52. The number of ether oxygens (including phenoxy) is 1. The predicted octanol–water partition coefficient (Wildman–Crippen LogP) is 2.01. The minimum Gasteiger partial charge on any atom is -0.492 e. The molecule has 0 amide bonds. The van der Waals surface area contributed by atoms with Gasteiger partial charge in [-0.25, -0.2) is 8.42 Å². The molecule has 19 heavy (non-hydrogen) atoms. The Morgan fingerprint density at radius 3 is 2.68 bits per heavy atom. The van der Waals surface area contributed by atoms with Crippen molar-refractivity contribution in [2.24, 2.45) is 5.16 Å². The van der Waals surface area contributed by atoms with Gasteiger partial charge in [0.05, 0.1) is 11.5 Å². The summed E-state index contributed by atoms with van der Waals surface area (Å²) in [5.41, 5.74) is 2.07. The predicted molar refractivity (Wildman–Crippen MR) is 75.0 cm³/mol. The van der Waals surface area contributed by atoms with Crippen LogP contribution in [0.3, 0.4) is 0 Å². The second kappa shape index (κ2) is 6.56. The largest absolute Gasteiger partial charge is 0.492 e. The van der Waals surface area contributed by atoms with Gasteiger partial charge >= 0.3 is 0 Å². The van der Waals surface area contributed by atoms with Gasteiger partial charge in [-0.3, -0.25) is 0 Å². The maximum atomic E-state index is 11.4. The highest BCUT2D eigenvalue weighted by molar-refractivity contribution is 7.91. The van der Waals surface area contributed by atoms with Crippen LogP contribution < -0.4 is 4.74 Å². The lowest BCUT2D eigenvalue weighted by atomic mass is 10.1. The van der Waals surface area contributed by atoms with Crippen molar-refractivity contribution in [2.75, 3.05) is 18.1 Å². The second-order valence-electron chi connectivity index (χ2n) is 4.27. The Morgan fingerprint density at radius 2 is 2.11 bits per heavy atom. The average Bonchev–Trinajstić information content (AvgIpc) is 2.38. The first kappa shape index (κ1) is 15.5. The molecule has 0 fully saturated rings. The molecule has 106 valence electrons. The molecule has 0 aliphatic rings.